The highest BCUT2D eigenvalue weighted by atomic mass is 35.5. The molecule has 2 saturated heterocycles. The molecule has 2 aromatic rings. The van der Waals surface area contributed by atoms with E-state index in [0.29, 0.717) is 18.1 Å². The molecule has 0 aliphatic carbocycles. The molecule has 29 heavy (non-hydrogen) atoms. The van der Waals surface area contributed by atoms with Crippen molar-refractivity contribution < 1.29 is 4.79 Å². The molecule has 2 fully saturated rings. The molecule has 1 aromatic carbocycles. The molecule has 0 N–H and O–H groups in total. The molecule has 4 rings (SSSR count). The molecule has 0 atom stereocenters. The van der Waals surface area contributed by atoms with Crippen LogP contribution in [0.15, 0.2) is 36.4 Å². The SMILES string of the molecule is Cc1cc(N2CCCC2)nc(N2CCN(C(=O)/C=C/c3ccccc3Cl)CC2)n1. The van der Waals surface area contributed by atoms with Crippen LogP contribution in [0.4, 0.5) is 11.8 Å². The third-order valence-electron chi connectivity index (χ3n) is 5.44. The van der Waals surface area contributed by atoms with Gasteiger partial charge in [-0.05, 0) is 37.5 Å². The minimum atomic E-state index is 0.00693. The summed E-state index contributed by atoms with van der Waals surface area (Å²) in [4.78, 5) is 28.4. The van der Waals surface area contributed by atoms with Crippen molar-refractivity contribution >= 4 is 35.4 Å². The molecule has 6 nitrogen and oxygen atoms in total. The summed E-state index contributed by atoms with van der Waals surface area (Å²) in [6.45, 7) is 6.92. The predicted octanol–water partition coefficient (Wildman–Crippen LogP) is 3.40. The van der Waals surface area contributed by atoms with Crippen LogP contribution in [-0.4, -0.2) is 60.0 Å². The topological polar surface area (TPSA) is 52.6 Å². The number of amides is 1. The third kappa shape index (κ3) is 4.70. The van der Waals surface area contributed by atoms with Crippen molar-refractivity contribution in [1.29, 1.82) is 0 Å². The zero-order chi connectivity index (χ0) is 20.2. The molecule has 0 unspecified atom stereocenters. The lowest BCUT2D eigenvalue weighted by molar-refractivity contribution is -0.126. The van der Waals surface area contributed by atoms with Gasteiger partial charge in [0.15, 0.2) is 0 Å². The smallest absolute Gasteiger partial charge is 0.246 e. The van der Waals surface area contributed by atoms with Crippen molar-refractivity contribution in [1.82, 2.24) is 14.9 Å². The summed E-state index contributed by atoms with van der Waals surface area (Å²) in [6.07, 6.45) is 5.83. The first-order chi connectivity index (χ1) is 14.1. The molecule has 7 heteroatoms. The fraction of sp³-hybridized carbons (Fsp3) is 0.409. The van der Waals surface area contributed by atoms with E-state index in [1.165, 1.54) is 12.8 Å². The summed E-state index contributed by atoms with van der Waals surface area (Å²) in [7, 11) is 0. The van der Waals surface area contributed by atoms with Crippen LogP contribution < -0.4 is 9.80 Å². The van der Waals surface area contributed by atoms with Crippen molar-refractivity contribution in [2.45, 2.75) is 19.8 Å². The summed E-state index contributed by atoms with van der Waals surface area (Å²) < 4.78 is 0. The average molecular weight is 412 g/mol. The number of aryl methyl sites for hydroxylation is 1. The number of aromatic nitrogens is 2. The van der Waals surface area contributed by atoms with Gasteiger partial charge < -0.3 is 14.7 Å². The van der Waals surface area contributed by atoms with Crippen LogP contribution in [0.3, 0.4) is 0 Å². The van der Waals surface area contributed by atoms with Crippen LogP contribution in [0.2, 0.25) is 5.02 Å². The van der Waals surface area contributed by atoms with Crippen LogP contribution >= 0.6 is 11.6 Å². The summed E-state index contributed by atoms with van der Waals surface area (Å²) in [6, 6.07) is 9.57. The van der Waals surface area contributed by atoms with Crippen LogP contribution in [0.5, 0.6) is 0 Å². The molecule has 0 radical (unpaired) electrons. The van der Waals surface area contributed by atoms with Crippen LogP contribution in [0.1, 0.15) is 24.1 Å². The number of piperazine rings is 1. The van der Waals surface area contributed by atoms with E-state index < -0.39 is 0 Å². The van der Waals surface area contributed by atoms with Gasteiger partial charge in [0.05, 0.1) is 0 Å². The number of rotatable bonds is 4. The fourth-order valence-electron chi connectivity index (χ4n) is 3.79. The van der Waals surface area contributed by atoms with E-state index in [0.717, 1.165) is 49.2 Å². The molecule has 3 heterocycles. The minimum Gasteiger partial charge on any atom is -0.356 e. The van der Waals surface area contributed by atoms with Gasteiger partial charge in [0.2, 0.25) is 11.9 Å². The standard InChI is InChI=1S/C22H26ClN5O/c1-17-16-20(26-10-4-5-11-26)25-22(24-17)28-14-12-27(13-15-28)21(29)9-8-18-6-2-3-7-19(18)23/h2-3,6-9,16H,4-5,10-15H2,1H3/b9-8+. The molecule has 0 spiro atoms. The van der Waals surface area contributed by atoms with E-state index in [1.54, 1.807) is 12.2 Å². The van der Waals surface area contributed by atoms with Gasteiger partial charge in [-0.15, -0.1) is 0 Å². The summed E-state index contributed by atoms with van der Waals surface area (Å²) >= 11 is 6.15. The highest BCUT2D eigenvalue weighted by Crippen LogP contribution is 2.22. The Kier molecular flexibility index (Phi) is 6.00. The molecule has 0 bridgehead atoms. The van der Waals surface area contributed by atoms with E-state index in [9.17, 15) is 4.79 Å². The second kappa shape index (κ2) is 8.82. The maximum atomic E-state index is 12.5. The summed E-state index contributed by atoms with van der Waals surface area (Å²) in [5, 5.41) is 0.645. The Labute approximate surface area is 176 Å². The molecule has 2 aliphatic rings. The zero-order valence-electron chi connectivity index (χ0n) is 16.7. The van der Waals surface area contributed by atoms with Crippen molar-refractivity contribution in [2.24, 2.45) is 0 Å². The van der Waals surface area contributed by atoms with Crippen molar-refractivity contribution in [3.8, 4) is 0 Å². The Morgan fingerprint density at radius 3 is 2.45 bits per heavy atom. The number of benzene rings is 1. The van der Waals surface area contributed by atoms with Crippen LogP contribution in [0, 0.1) is 6.92 Å². The third-order valence-corrected chi connectivity index (χ3v) is 5.79. The minimum absolute atomic E-state index is 0.00693. The quantitative estimate of drug-likeness (QED) is 0.722. The number of anilines is 2. The molecule has 2 aliphatic heterocycles. The van der Waals surface area contributed by atoms with Crippen molar-refractivity contribution in [3.63, 3.8) is 0 Å². The van der Waals surface area contributed by atoms with Gasteiger partial charge in [-0.1, -0.05) is 29.8 Å². The maximum absolute atomic E-state index is 12.5. The Morgan fingerprint density at radius 2 is 1.72 bits per heavy atom. The van der Waals surface area contributed by atoms with E-state index in [4.69, 9.17) is 16.6 Å². The number of hydrogen-bond acceptors (Lipinski definition) is 5. The first-order valence-corrected chi connectivity index (χ1v) is 10.5. The number of nitrogens with zero attached hydrogens (tertiary/aromatic N) is 5. The monoisotopic (exact) mass is 411 g/mol. The zero-order valence-corrected chi connectivity index (χ0v) is 17.5. The second-order valence-corrected chi connectivity index (χ2v) is 7.94. The summed E-state index contributed by atoms with van der Waals surface area (Å²) in [5.74, 6) is 1.80. The van der Waals surface area contributed by atoms with E-state index in [2.05, 4.69) is 20.9 Å². The molecule has 152 valence electrons. The lowest BCUT2D eigenvalue weighted by atomic mass is 10.2. The van der Waals surface area contributed by atoms with Gasteiger partial charge in [-0.3, -0.25) is 4.79 Å². The predicted molar refractivity (Wildman–Crippen MR) is 117 cm³/mol. The Hall–Kier alpha value is -2.60. The first-order valence-electron chi connectivity index (χ1n) is 10.2. The van der Waals surface area contributed by atoms with Gasteiger partial charge in [-0.2, -0.15) is 4.98 Å². The highest BCUT2D eigenvalue weighted by molar-refractivity contribution is 6.32. The Morgan fingerprint density at radius 1 is 1.00 bits per heavy atom. The molecule has 1 aromatic heterocycles. The van der Waals surface area contributed by atoms with E-state index in [1.807, 2.05) is 36.1 Å². The largest absolute Gasteiger partial charge is 0.356 e. The van der Waals surface area contributed by atoms with Gasteiger partial charge in [-0.25, -0.2) is 4.98 Å². The molecular formula is C22H26ClN5O. The van der Waals surface area contributed by atoms with Crippen molar-refractivity contribution in [2.75, 3.05) is 49.1 Å². The molecular weight excluding hydrogens is 386 g/mol. The number of halogens is 1. The number of carbonyl (C=O) groups excluding carboxylic acids is 1. The van der Waals surface area contributed by atoms with Crippen LogP contribution in [0.25, 0.3) is 6.08 Å². The van der Waals surface area contributed by atoms with E-state index >= 15 is 0 Å². The number of hydrogen-bond donors (Lipinski definition) is 0. The normalized spacial score (nSPS) is 17.4. The van der Waals surface area contributed by atoms with Gasteiger partial charge in [0.1, 0.15) is 5.82 Å². The highest BCUT2D eigenvalue weighted by Gasteiger charge is 2.23. The lowest BCUT2D eigenvalue weighted by Crippen LogP contribution is -2.49. The lowest BCUT2D eigenvalue weighted by Gasteiger charge is -2.34. The van der Waals surface area contributed by atoms with E-state index in [-0.39, 0.29) is 5.91 Å². The number of carbonyl (C=O) groups is 1. The molecule has 0 saturated carbocycles. The fourth-order valence-corrected chi connectivity index (χ4v) is 3.99. The van der Waals surface area contributed by atoms with Crippen molar-refractivity contribution in [3.05, 3.63) is 52.7 Å². The Balaban J connectivity index is 1.38. The second-order valence-electron chi connectivity index (χ2n) is 7.53. The first kappa shape index (κ1) is 19.7. The average Bonchev–Trinajstić information content (AvgIpc) is 3.28. The van der Waals surface area contributed by atoms with Crippen LogP contribution in [-0.2, 0) is 4.79 Å². The van der Waals surface area contributed by atoms with Gasteiger partial charge in [0, 0.05) is 62.1 Å². The maximum Gasteiger partial charge on any atom is 0.246 e. The molecule has 1 amide bonds. The Bertz CT molecular complexity index is 902. The van der Waals surface area contributed by atoms with Gasteiger partial charge >= 0.3 is 0 Å². The summed E-state index contributed by atoms with van der Waals surface area (Å²) in [5.41, 5.74) is 1.84. The van der Waals surface area contributed by atoms with Gasteiger partial charge in [0.25, 0.3) is 0 Å².